The molecule has 0 heterocycles. The Bertz CT molecular complexity index is 566. The number of aliphatic carboxylic acids is 1. The van der Waals surface area contributed by atoms with Crippen molar-refractivity contribution in [3.05, 3.63) is 35.9 Å². The molecule has 2 atom stereocenters. The number of hydrogen-bond acceptors (Lipinski definition) is 1. The lowest BCUT2D eigenvalue weighted by Crippen LogP contribution is -2.60. The van der Waals surface area contributed by atoms with Crippen LogP contribution in [-0.4, -0.2) is 17.8 Å². The maximum atomic E-state index is 12.9. The van der Waals surface area contributed by atoms with Crippen molar-refractivity contribution in [3.63, 3.8) is 0 Å². The van der Waals surface area contributed by atoms with Gasteiger partial charge in [-0.25, -0.2) is 0 Å². The Morgan fingerprint density at radius 1 is 1.14 bits per heavy atom. The predicted octanol–water partition coefficient (Wildman–Crippen LogP) is 4.19. The van der Waals surface area contributed by atoms with Gasteiger partial charge in [0.1, 0.15) is 0 Å². The van der Waals surface area contributed by atoms with Crippen LogP contribution >= 0.6 is 0 Å². The van der Waals surface area contributed by atoms with E-state index in [1.807, 2.05) is 6.07 Å². The molecule has 1 aromatic carbocycles. The summed E-state index contributed by atoms with van der Waals surface area (Å²) in [6.07, 6.45) is 5.02. The zero-order valence-corrected chi connectivity index (χ0v) is 12.8. The van der Waals surface area contributed by atoms with E-state index in [9.17, 15) is 14.3 Å². The molecule has 2 unspecified atom stereocenters. The lowest BCUT2D eigenvalue weighted by molar-refractivity contribution is -0.175. The molecule has 0 saturated heterocycles. The molecule has 4 saturated carbocycles. The topological polar surface area (TPSA) is 37.3 Å². The number of alkyl halides is 1. The molecule has 0 aromatic heterocycles. The highest BCUT2D eigenvalue weighted by Crippen LogP contribution is 2.68. The van der Waals surface area contributed by atoms with Crippen LogP contribution < -0.4 is 0 Å². The molecule has 22 heavy (non-hydrogen) atoms. The highest BCUT2D eigenvalue weighted by molar-refractivity contribution is 5.76. The minimum absolute atomic E-state index is 0.0122. The summed E-state index contributed by atoms with van der Waals surface area (Å²) < 4.78 is 12.9. The molecule has 5 rings (SSSR count). The van der Waals surface area contributed by atoms with E-state index in [0.717, 1.165) is 32.1 Å². The minimum Gasteiger partial charge on any atom is -0.481 e. The van der Waals surface area contributed by atoms with E-state index < -0.39 is 11.4 Å². The van der Waals surface area contributed by atoms with E-state index in [0.29, 0.717) is 24.2 Å². The van der Waals surface area contributed by atoms with Crippen molar-refractivity contribution in [2.45, 2.75) is 43.9 Å². The fourth-order valence-electron chi connectivity index (χ4n) is 6.22. The summed E-state index contributed by atoms with van der Waals surface area (Å²) in [5.41, 5.74) is 0.751. The van der Waals surface area contributed by atoms with Crippen molar-refractivity contribution in [2.24, 2.45) is 23.2 Å². The SMILES string of the molecule is O=C(O)C12CC3CC(c4ccccc4)(CC(C1)C3CCF)C2. The van der Waals surface area contributed by atoms with Gasteiger partial charge in [0, 0.05) is 0 Å². The van der Waals surface area contributed by atoms with Crippen LogP contribution in [0.15, 0.2) is 30.3 Å². The maximum absolute atomic E-state index is 12.9. The van der Waals surface area contributed by atoms with Gasteiger partial charge in [-0.1, -0.05) is 30.3 Å². The van der Waals surface area contributed by atoms with Crippen molar-refractivity contribution >= 4 is 5.97 Å². The molecule has 1 aromatic rings. The van der Waals surface area contributed by atoms with Gasteiger partial charge in [-0.3, -0.25) is 9.18 Å². The van der Waals surface area contributed by atoms with Crippen molar-refractivity contribution in [1.82, 2.24) is 0 Å². The van der Waals surface area contributed by atoms with Crippen LogP contribution in [0.5, 0.6) is 0 Å². The number of halogens is 1. The fraction of sp³-hybridized carbons (Fsp3) is 0.632. The van der Waals surface area contributed by atoms with Crippen molar-refractivity contribution in [2.75, 3.05) is 6.67 Å². The molecule has 4 aliphatic rings. The van der Waals surface area contributed by atoms with Crippen LogP contribution in [0, 0.1) is 23.2 Å². The summed E-state index contributed by atoms with van der Waals surface area (Å²) >= 11 is 0. The van der Waals surface area contributed by atoms with E-state index in [-0.39, 0.29) is 12.1 Å². The summed E-state index contributed by atoms with van der Waals surface area (Å²) in [5, 5.41) is 9.88. The van der Waals surface area contributed by atoms with Gasteiger partial charge in [0.2, 0.25) is 0 Å². The second-order valence-electron chi connectivity index (χ2n) is 7.89. The minimum atomic E-state index is -0.624. The van der Waals surface area contributed by atoms with Crippen molar-refractivity contribution < 1.29 is 14.3 Å². The molecule has 0 aliphatic heterocycles. The van der Waals surface area contributed by atoms with Gasteiger partial charge in [-0.2, -0.15) is 0 Å². The average molecular weight is 302 g/mol. The second-order valence-corrected chi connectivity index (χ2v) is 7.89. The summed E-state index contributed by atoms with van der Waals surface area (Å²) in [5.74, 6) is 0.539. The first-order valence-electron chi connectivity index (χ1n) is 8.43. The maximum Gasteiger partial charge on any atom is 0.309 e. The van der Waals surface area contributed by atoms with Gasteiger partial charge in [-0.15, -0.1) is 0 Å². The quantitative estimate of drug-likeness (QED) is 0.905. The number of benzene rings is 1. The van der Waals surface area contributed by atoms with E-state index in [1.165, 1.54) is 5.56 Å². The zero-order valence-electron chi connectivity index (χ0n) is 12.8. The Kier molecular flexibility index (Phi) is 3.11. The van der Waals surface area contributed by atoms with Crippen molar-refractivity contribution in [1.29, 1.82) is 0 Å². The summed E-state index contributed by atoms with van der Waals surface area (Å²) in [4.78, 5) is 12.0. The van der Waals surface area contributed by atoms with Crippen LogP contribution in [0.2, 0.25) is 0 Å². The first kappa shape index (κ1) is 14.2. The van der Waals surface area contributed by atoms with E-state index >= 15 is 0 Å². The van der Waals surface area contributed by atoms with Gasteiger partial charge in [0.25, 0.3) is 0 Å². The van der Waals surface area contributed by atoms with E-state index in [2.05, 4.69) is 24.3 Å². The molecule has 118 valence electrons. The smallest absolute Gasteiger partial charge is 0.309 e. The van der Waals surface area contributed by atoms with Gasteiger partial charge in [0.15, 0.2) is 0 Å². The van der Waals surface area contributed by atoms with Crippen molar-refractivity contribution in [3.8, 4) is 0 Å². The number of carboxylic acid groups (broad SMARTS) is 1. The molecule has 1 N–H and O–H groups in total. The van der Waals surface area contributed by atoms with Gasteiger partial charge in [0.05, 0.1) is 12.1 Å². The molecular weight excluding hydrogens is 279 g/mol. The molecule has 0 amide bonds. The fourth-order valence-corrected chi connectivity index (χ4v) is 6.22. The lowest BCUT2D eigenvalue weighted by Gasteiger charge is -2.63. The highest BCUT2D eigenvalue weighted by atomic mass is 19.1. The molecule has 3 heteroatoms. The Hall–Kier alpha value is -1.38. The summed E-state index contributed by atoms with van der Waals surface area (Å²) in [6, 6.07) is 10.4. The lowest BCUT2D eigenvalue weighted by atomic mass is 9.40. The molecule has 4 bridgehead atoms. The molecule has 4 fully saturated rings. The number of rotatable bonds is 4. The second kappa shape index (κ2) is 4.81. The third kappa shape index (κ3) is 1.87. The zero-order chi connectivity index (χ0) is 15.4. The monoisotopic (exact) mass is 302 g/mol. The Morgan fingerprint density at radius 3 is 2.32 bits per heavy atom. The summed E-state index contributed by atoms with van der Waals surface area (Å²) in [6.45, 7) is -0.268. The highest BCUT2D eigenvalue weighted by Gasteiger charge is 2.63. The molecule has 0 spiro atoms. The van der Waals surface area contributed by atoms with Crippen LogP contribution in [0.3, 0.4) is 0 Å². The Morgan fingerprint density at radius 2 is 1.77 bits per heavy atom. The molecule has 0 radical (unpaired) electrons. The van der Waals surface area contributed by atoms with Crippen LogP contribution in [0.25, 0.3) is 0 Å². The van der Waals surface area contributed by atoms with E-state index in [1.54, 1.807) is 0 Å². The predicted molar refractivity (Wildman–Crippen MR) is 82.3 cm³/mol. The molecule has 2 nitrogen and oxygen atoms in total. The first-order chi connectivity index (χ1) is 10.6. The standard InChI is InChI=1S/C19H23FO2/c20-7-6-16-13-8-18(15-4-2-1-3-5-15)9-14(16)11-19(10-13,12-18)17(21)22/h1-5,13-14,16H,6-12H2,(H,21,22). The Labute approximate surface area is 130 Å². The average Bonchev–Trinajstić information content (AvgIpc) is 2.51. The normalized spacial score (nSPS) is 42.5. The third-order valence-corrected chi connectivity index (χ3v) is 6.78. The molecular formula is C19H23FO2. The number of carboxylic acids is 1. The number of carbonyl (C=O) groups is 1. The summed E-state index contributed by atoms with van der Waals surface area (Å²) in [7, 11) is 0. The van der Waals surface area contributed by atoms with Gasteiger partial charge < -0.3 is 5.11 Å². The van der Waals surface area contributed by atoms with Crippen LogP contribution in [0.1, 0.15) is 44.1 Å². The van der Waals surface area contributed by atoms with Gasteiger partial charge >= 0.3 is 5.97 Å². The van der Waals surface area contributed by atoms with Crippen LogP contribution in [0.4, 0.5) is 4.39 Å². The first-order valence-corrected chi connectivity index (χ1v) is 8.43. The number of hydrogen-bond donors (Lipinski definition) is 1. The van der Waals surface area contributed by atoms with Crippen LogP contribution in [-0.2, 0) is 10.2 Å². The largest absolute Gasteiger partial charge is 0.481 e. The Balaban J connectivity index is 1.76. The van der Waals surface area contributed by atoms with Gasteiger partial charge in [-0.05, 0) is 67.3 Å². The molecule has 4 aliphatic carbocycles. The third-order valence-electron chi connectivity index (χ3n) is 6.78. The van der Waals surface area contributed by atoms with E-state index in [4.69, 9.17) is 0 Å².